The van der Waals surface area contributed by atoms with Crippen molar-refractivity contribution in [2.45, 2.75) is 6.30 Å². The van der Waals surface area contributed by atoms with Gasteiger partial charge in [-0.05, 0) is 18.2 Å². The lowest BCUT2D eigenvalue weighted by Crippen LogP contribution is -2.50. The SMILES string of the molecule is O=C1N(c2ccccc2)C=CCN1C(F)(F)F. The molecule has 90 valence electrons. The van der Waals surface area contributed by atoms with Gasteiger partial charge in [-0.3, -0.25) is 4.90 Å². The smallest absolute Gasteiger partial charge is 0.270 e. The lowest BCUT2D eigenvalue weighted by molar-refractivity contribution is -0.220. The average molecular weight is 242 g/mol. The molecule has 1 heterocycles. The van der Waals surface area contributed by atoms with E-state index in [0.717, 1.165) is 4.90 Å². The summed E-state index contributed by atoms with van der Waals surface area (Å²) in [5.41, 5.74) is 0.405. The Morgan fingerprint density at radius 1 is 1.12 bits per heavy atom. The highest BCUT2D eigenvalue weighted by atomic mass is 19.4. The van der Waals surface area contributed by atoms with Gasteiger partial charge in [0, 0.05) is 6.20 Å². The van der Waals surface area contributed by atoms with E-state index in [4.69, 9.17) is 0 Å². The predicted octanol–water partition coefficient (Wildman–Crippen LogP) is 2.96. The van der Waals surface area contributed by atoms with E-state index < -0.39 is 18.9 Å². The number of alkyl halides is 3. The normalized spacial score (nSPS) is 16.5. The second-order valence-electron chi connectivity index (χ2n) is 3.45. The molecule has 0 aliphatic carbocycles. The fourth-order valence-electron chi connectivity index (χ4n) is 1.53. The molecule has 2 rings (SSSR count). The van der Waals surface area contributed by atoms with Gasteiger partial charge in [0.1, 0.15) is 0 Å². The maximum atomic E-state index is 12.5. The number of anilines is 1. The number of amides is 2. The van der Waals surface area contributed by atoms with E-state index in [1.165, 1.54) is 12.3 Å². The molecule has 0 fully saturated rings. The molecule has 6 heteroatoms. The maximum absolute atomic E-state index is 12.5. The minimum Gasteiger partial charge on any atom is -0.270 e. The van der Waals surface area contributed by atoms with Crippen LogP contribution in [-0.2, 0) is 0 Å². The Kier molecular flexibility index (Phi) is 2.79. The van der Waals surface area contributed by atoms with Crippen molar-refractivity contribution < 1.29 is 18.0 Å². The lowest BCUT2D eigenvalue weighted by Gasteiger charge is -2.32. The van der Waals surface area contributed by atoms with Gasteiger partial charge in [-0.25, -0.2) is 9.69 Å². The minimum absolute atomic E-state index is 0.139. The zero-order valence-electron chi connectivity index (χ0n) is 8.69. The molecule has 0 atom stereocenters. The summed E-state index contributed by atoms with van der Waals surface area (Å²) in [5.74, 6) is 0. The van der Waals surface area contributed by atoms with Crippen molar-refractivity contribution in [3.63, 3.8) is 0 Å². The van der Waals surface area contributed by atoms with E-state index in [1.54, 1.807) is 30.3 Å². The van der Waals surface area contributed by atoms with Crippen molar-refractivity contribution in [2.24, 2.45) is 0 Å². The first kappa shape index (κ1) is 11.5. The molecule has 1 aromatic carbocycles. The summed E-state index contributed by atoms with van der Waals surface area (Å²) in [4.78, 5) is 12.5. The van der Waals surface area contributed by atoms with Gasteiger partial charge < -0.3 is 0 Å². The molecule has 0 N–H and O–H groups in total. The summed E-state index contributed by atoms with van der Waals surface area (Å²) >= 11 is 0. The van der Waals surface area contributed by atoms with Crippen LogP contribution >= 0.6 is 0 Å². The highest BCUT2D eigenvalue weighted by Crippen LogP contribution is 2.27. The predicted molar refractivity (Wildman–Crippen MR) is 56.2 cm³/mol. The van der Waals surface area contributed by atoms with E-state index in [1.807, 2.05) is 0 Å². The fourth-order valence-corrected chi connectivity index (χ4v) is 1.53. The Morgan fingerprint density at radius 3 is 2.35 bits per heavy atom. The molecule has 0 saturated carbocycles. The van der Waals surface area contributed by atoms with Crippen LogP contribution in [0.5, 0.6) is 0 Å². The second kappa shape index (κ2) is 4.12. The topological polar surface area (TPSA) is 23.6 Å². The quantitative estimate of drug-likeness (QED) is 0.694. The van der Waals surface area contributed by atoms with E-state index in [2.05, 4.69) is 0 Å². The van der Waals surface area contributed by atoms with E-state index in [0.29, 0.717) is 5.69 Å². The third kappa shape index (κ3) is 2.25. The number of nitrogens with zero attached hydrogens (tertiary/aromatic N) is 2. The molecule has 0 spiro atoms. The first-order valence-electron chi connectivity index (χ1n) is 4.89. The van der Waals surface area contributed by atoms with E-state index in [-0.39, 0.29) is 4.90 Å². The molecule has 0 radical (unpaired) electrons. The van der Waals surface area contributed by atoms with Gasteiger partial charge in [-0.15, -0.1) is 13.2 Å². The Balaban J connectivity index is 2.30. The van der Waals surface area contributed by atoms with Crippen molar-refractivity contribution in [2.75, 3.05) is 11.4 Å². The number of hydrogen-bond donors (Lipinski definition) is 0. The first-order chi connectivity index (χ1) is 8.00. The molecular formula is C11H9F3N2O. The van der Waals surface area contributed by atoms with E-state index in [9.17, 15) is 18.0 Å². The first-order valence-corrected chi connectivity index (χ1v) is 4.89. The molecule has 1 aromatic rings. The number of carbonyl (C=O) groups is 1. The molecular weight excluding hydrogens is 233 g/mol. The van der Waals surface area contributed by atoms with Gasteiger partial charge in [-0.2, -0.15) is 0 Å². The van der Waals surface area contributed by atoms with Crippen molar-refractivity contribution >= 4 is 11.7 Å². The third-order valence-corrected chi connectivity index (χ3v) is 2.32. The van der Waals surface area contributed by atoms with Gasteiger partial charge in [0.25, 0.3) is 0 Å². The number of para-hydroxylation sites is 1. The molecule has 1 aliphatic rings. The summed E-state index contributed by atoms with van der Waals surface area (Å²) in [6.07, 6.45) is -2.02. The second-order valence-corrected chi connectivity index (χ2v) is 3.45. The van der Waals surface area contributed by atoms with Crippen LogP contribution < -0.4 is 4.90 Å². The number of hydrogen-bond acceptors (Lipinski definition) is 1. The number of rotatable bonds is 1. The Hall–Kier alpha value is -1.98. The van der Waals surface area contributed by atoms with Gasteiger partial charge in [0.15, 0.2) is 0 Å². The highest BCUT2D eigenvalue weighted by molar-refractivity contribution is 5.95. The molecule has 17 heavy (non-hydrogen) atoms. The molecule has 3 nitrogen and oxygen atoms in total. The largest absolute Gasteiger partial charge is 0.488 e. The van der Waals surface area contributed by atoms with Crippen LogP contribution in [0.4, 0.5) is 23.7 Å². The van der Waals surface area contributed by atoms with Crippen molar-refractivity contribution in [1.29, 1.82) is 0 Å². The zero-order chi connectivity index (χ0) is 12.5. The summed E-state index contributed by atoms with van der Waals surface area (Å²) in [5, 5.41) is 0. The van der Waals surface area contributed by atoms with Gasteiger partial charge in [0.05, 0.1) is 12.2 Å². The van der Waals surface area contributed by atoms with Crippen molar-refractivity contribution in [3.05, 3.63) is 42.6 Å². The van der Waals surface area contributed by atoms with E-state index >= 15 is 0 Å². The maximum Gasteiger partial charge on any atom is 0.488 e. The van der Waals surface area contributed by atoms with Crippen LogP contribution in [0.1, 0.15) is 0 Å². The summed E-state index contributed by atoms with van der Waals surface area (Å²) in [6.45, 7) is -0.453. The Labute approximate surface area is 95.7 Å². The van der Waals surface area contributed by atoms with Gasteiger partial charge in [0.2, 0.25) is 0 Å². The van der Waals surface area contributed by atoms with Crippen LogP contribution in [0.3, 0.4) is 0 Å². The van der Waals surface area contributed by atoms with Gasteiger partial charge >= 0.3 is 12.3 Å². The summed E-state index contributed by atoms with van der Waals surface area (Å²) in [7, 11) is 0. The van der Waals surface area contributed by atoms with Crippen molar-refractivity contribution in [1.82, 2.24) is 4.90 Å². The Bertz CT molecular complexity index is 442. The summed E-state index contributed by atoms with van der Waals surface area (Å²) in [6, 6.07) is 7.09. The monoisotopic (exact) mass is 242 g/mol. The average Bonchev–Trinajstić information content (AvgIpc) is 2.29. The lowest BCUT2D eigenvalue weighted by atomic mass is 10.3. The van der Waals surface area contributed by atoms with Gasteiger partial charge in [-0.1, -0.05) is 18.2 Å². The third-order valence-electron chi connectivity index (χ3n) is 2.32. The number of urea groups is 1. The van der Waals surface area contributed by atoms with Crippen molar-refractivity contribution in [3.8, 4) is 0 Å². The molecule has 0 aromatic heterocycles. The van der Waals surface area contributed by atoms with Crippen LogP contribution in [0.25, 0.3) is 0 Å². The van der Waals surface area contributed by atoms with Crippen LogP contribution in [0.2, 0.25) is 0 Å². The standard InChI is InChI=1S/C11H9F3N2O/c12-11(13,14)16-8-4-7-15(10(16)17)9-5-2-1-3-6-9/h1-7H,8H2. The van der Waals surface area contributed by atoms with Crippen LogP contribution in [0, 0.1) is 0 Å². The number of benzene rings is 1. The molecule has 1 aliphatic heterocycles. The molecule has 2 amide bonds. The fraction of sp³-hybridized carbons (Fsp3) is 0.182. The molecule has 0 unspecified atom stereocenters. The zero-order valence-corrected chi connectivity index (χ0v) is 8.69. The Morgan fingerprint density at radius 2 is 1.76 bits per heavy atom. The molecule has 0 bridgehead atoms. The number of halogens is 3. The highest BCUT2D eigenvalue weighted by Gasteiger charge is 2.43. The number of carbonyl (C=O) groups excluding carboxylic acids is 1. The molecule has 0 saturated heterocycles. The van der Waals surface area contributed by atoms with Crippen LogP contribution in [0.15, 0.2) is 42.6 Å². The summed E-state index contributed by atoms with van der Waals surface area (Å²) < 4.78 is 37.6. The minimum atomic E-state index is -4.66. The van der Waals surface area contributed by atoms with Crippen LogP contribution in [-0.4, -0.2) is 23.8 Å².